The Hall–Kier alpha value is -2.25. The molecule has 3 rings (SSSR count). The van der Waals surface area contributed by atoms with Gasteiger partial charge in [-0.15, -0.1) is 0 Å². The van der Waals surface area contributed by atoms with Gasteiger partial charge in [0.05, 0.1) is 6.07 Å². The lowest BCUT2D eigenvalue weighted by atomic mass is 9.81. The van der Waals surface area contributed by atoms with Gasteiger partial charge in [-0.2, -0.15) is 5.26 Å². The Labute approximate surface area is 193 Å². The van der Waals surface area contributed by atoms with Gasteiger partial charge in [-0.3, -0.25) is 4.90 Å². The van der Waals surface area contributed by atoms with Crippen molar-refractivity contribution >= 4 is 0 Å². The smallest absolute Gasteiger partial charge is 0.110 e. The van der Waals surface area contributed by atoms with Crippen LogP contribution in [0.15, 0.2) is 54.6 Å². The Balaban J connectivity index is 0.00000114. The molecule has 0 radical (unpaired) electrons. The van der Waals surface area contributed by atoms with E-state index in [1.165, 1.54) is 18.1 Å². The molecule has 2 nitrogen and oxygen atoms in total. The van der Waals surface area contributed by atoms with Crippen molar-refractivity contribution < 1.29 is 8.78 Å². The van der Waals surface area contributed by atoms with E-state index in [0.29, 0.717) is 25.3 Å². The maximum absolute atomic E-state index is 14.2. The van der Waals surface area contributed by atoms with E-state index in [9.17, 15) is 8.78 Å². The summed E-state index contributed by atoms with van der Waals surface area (Å²) >= 11 is 0. The summed E-state index contributed by atoms with van der Waals surface area (Å²) in [6.45, 7) is 8.03. The van der Waals surface area contributed by atoms with E-state index in [1.807, 2.05) is 12.1 Å². The normalized spacial score (nSPS) is 21.3. The summed E-state index contributed by atoms with van der Waals surface area (Å²) in [5.74, 6) is -0.581. The van der Waals surface area contributed by atoms with Gasteiger partial charge in [0.2, 0.25) is 0 Å². The average molecular weight is 441 g/mol. The molecule has 0 heterocycles. The first-order valence-corrected chi connectivity index (χ1v) is 12.0. The first-order valence-electron chi connectivity index (χ1n) is 12.0. The summed E-state index contributed by atoms with van der Waals surface area (Å²) in [6.07, 6.45) is 2.73. The monoisotopic (exact) mass is 440 g/mol. The molecule has 1 aliphatic carbocycles. The first-order chi connectivity index (χ1) is 15.5. The topological polar surface area (TPSA) is 27.0 Å². The molecule has 32 heavy (non-hydrogen) atoms. The van der Waals surface area contributed by atoms with Gasteiger partial charge in [-0.05, 0) is 68.7 Å². The number of hydrogen-bond donors (Lipinski definition) is 0. The molecule has 2 aromatic rings. The van der Waals surface area contributed by atoms with Gasteiger partial charge in [-0.1, -0.05) is 61.5 Å². The van der Waals surface area contributed by atoms with Crippen LogP contribution in [0.5, 0.6) is 0 Å². The van der Waals surface area contributed by atoms with Crippen LogP contribution < -0.4 is 0 Å². The fraction of sp³-hybridized carbons (Fsp3) is 0.536. The van der Waals surface area contributed by atoms with E-state index in [2.05, 4.69) is 61.2 Å². The van der Waals surface area contributed by atoms with Crippen molar-refractivity contribution in [3.8, 4) is 6.07 Å². The second-order valence-electron chi connectivity index (χ2n) is 8.80. The maximum atomic E-state index is 14.2. The molecule has 0 saturated heterocycles. The van der Waals surface area contributed by atoms with Gasteiger partial charge in [0.1, 0.15) is 12.3 Å². The zero-order valence-electron chi connectivity index (χ0n) is 19.8. The lowest BCUT2D eigenvalue weighted by Crippen LogP contribution is -2.33. The van der Waals surface area contributed by atoms with Crippen LogP contribution >= 0.6 is 0 Å². The summed E-state index contributed by atoms with van der Waals surface area (Å²) in [7, 11) is 0. The maximum Gasteiger partial charge on any atom is 0.110 e. The van der Waals surface area contributed by atoms with Crippen molar-refractivity contribution in [3.05, 3.63) is 71.3 Å². The third kappa shape index (κ3) is 8.02. The molecule has 0 bridgehead atoms. The SMILES string of the molecule is CC#N.CCCN(Cc1ccccc1)C(C)CCc1ccc(C2C(F)CCCC2F)cc1. The van der Waals surface area contributed by atoms with Gasteiger partial charge in [0.25, 0.3) is 0 Å². The lowest BCUT2D eigenvalue weighted by molar-refractivity contribution is 0.124. The molecule has 1 fully saturated rings. The minimum Gasteiger partial charge on any atom is -0.296 e. The number of alkyl halides is 2. The molecule has 0 amide bonds. The van der Waals surface area contributed by atoms with Crippen LogP contribution in [0.4, 0.5) is 8.78 Å². The highest BCUT2D eigenvalue weighted by Crippen LogP contribution is 2.37. The zero-order chi connectivity index (χ0) is 23.3. The zero-order valence-corrected chi connectivity index (χ0v) is 19.8. The number of nitrogens with zero attached hydrogens (tertiary/aromatic N) is 2. The fourth-order valence-electron chi connectivity index (χ4n) is 4.54. The molecule has 1 saturated carbocycles. The van der Waals surface area contributed by atoms with Crippen LogP contribution in [0, 0.1) is 11.3 Å². The van der Waals surface area contributed by atoms with Gasteiger partial charge in [0.15, 0.2) is 0 Å². The average Bonchev–Trinajstić information content (AvgIpc) is 2.79. The van der Waals surface area contributed by atoms with Gasteiger partial charge in [-0.25, -0.2) is 8.78 Å². The van der Waals surface area contributed by atoms with Crippen LogP contribution in [-0.2, 0) is 13.0 Å². The van der Waals surface area contributed by atoms with Crippen LogP contribution in [0.3, 0.4) is 0 Å². The summed E-state index contributed by atoms with van der Waals surface area (Å²) in [6, 6.07) is 20.9. The lowest BCUT2D eigenvalue weighted by Gasteiger charge is -2.30. The van der Waals surface area contributed by atoms with Crippen molar-refractivity contribution in [2.75, 3.05) is 6.54 Å². The standard InChI is InChI=1S/C26H35F2N.C2H3N/c1-3-18-29(19-22-8-5-4-6-9-22)20(2)12-13-21-14-16-23(17-15-21)26-24(27)10-7-11-25(26)28;1-2-3/h4-6,8-9,14-17,20,24-26H,3,7,10-13,18-19H2,1-2H3;1H3. The minimum absolute atomic E-state index is 0.485. The van der Waals surface area contributed by atoms with Crippen molar-refractivity contribution in [3.63, 3.8) is 0 Å². The highest BCUT2D eigenvalue weighted by atomic mass is 19.1. The Kier molecular flexibility index (Phi) is 11.4. The molecule has 0 aromatic heterocycles. The highest BCUT2D eigenvalue weighted by molar-refractivity contribution is 5.28. The second-order valence-corrected chi connectivity index (χ2v) is 8.80. The van der Waals surface area contributed by atoms with Crippen molar-refractivity contribution in [1.29, 1.82) is 5.26 Å². The molecular formula is C28H38F2N2. The number of hydrogen-bond acceptors (Lipinski definition) is 2. The molecule has 3 unspecified atom stereocenters. The Morgan fingerprint density at radius 2 is 1.59 bits per heavy atom. The van der Waals surface area contributed by atoms with E-state index in [4.69, 9.17) is 5.26 Å². The summed E-state index contributed by atoms with van der Waals surface area (Å²) in [5.41, 5.74) is 3.42. The van der Waals surface area contributed by atoms with Crippen LogP contribution in [0.25, 0.3) is 0 Å². The summed E-state index contributed by atoms with van der Waals surface area (Å²) in [5, 5.41) is 7.32. The summed E-state index contributed by atoms with van der Waals surface area (Å²) < 4.78 is 28.5. The minimum atomic E-state index is -1.05. The Bertz CT molecular complexity index is 790. The molecule has 174 valence electrons. The third-order valence-electron chi connectivity index (χ3n) is 6.32. The molecule has 4 heteroatoms. The highest BCUT2D eigenvalue weighted by Gasteiger charge is 2.34. The summed E-state index contributed by atoms with van der Waals surface area (Å²) in [4.78, 5) is 2.55. The Morgan fingerprint density at radius 3 is 2.16 bits per heavy atom. The third-order valence-corrected chi connectivity index (χ3v) is 6.32. The van der Waals surface area contributed by atoms with E-state index in [1.54, 1.807) is 6.07 Å². The number of halogens is 2. The molecular weight excluding hydrogens is 402 g/mol. The van der Waals surface area contributed by atoms with Crippen LogP contribution in [0.2, 0.25) is 0 Å². The molecule has 2 aromatic carbocycles. The second kappa shape index (κ2) is 14.0. The Morgan fingerprint density at radius 1 is 1.00 bits per heavy atom. The predicted molar refractivity (Wildman–Crippen MR) is 129 cm³/mol. The van der Waals surface area contributed by atoms with Gasteiger partial charge < -0.3 is 0 Å². The fourth-order valence-corrected chi connectivity index (χ4v) is 4.54. The van der Waals surface area contributed by atoms with E-state index in [-0.39, 0.29) is 0 Å². The largest absolute Gasteiger partial charge is 0.296 e. The number of rotatable bonds is 9. The molecule has 1 aliphatic rings. The predicted octanol–water partition coefficient (Wildman–Crippen LogP) is 7.39. The number of benzene rings is 2. The molecule has 3 atom stereocenters. The number of aryl methyl sites for hydroxylation is 1. The van der Waals surface area contributed by atoms with Gasteiger partial charge in [0, 0.05) is 25.4 Å². The molecule has 0 aliphatic heterocycles. The molecule has 0 N–H and O–H groups in total. The van der Waals surface area contributed by atoms with Crippen molar-refractivity contribution in [2.45, 2.75) is 90.1 Å². The van der Waals surface area contributed by atoms with E-state index < -0.39 is 18.3 Å². The van der Waals surface area contributed by atoms with Gasteiger partial charge >= 0.3 is 0 Å². The quantitative estimate of drug-likeness (QED) is 0.406. The van der Waals surface area contributed by atoms with Crippen molar-refractivity contribution in [1.82, 2.24) is 4.90 Å². The van der Waals surface area contributed by atoms with E-state index in [0.717, 1.165) is 37.9 Å². The number of nitriles is 1. The van der Waals surface area contributed by atoms with Crippen molar-refractivity contribution in [2.24, 2.45) is 0 Å². The van der Waals surface area contributed by atoms with E-state index >= 15 is 0 Å². The van der Waals surface area contributed by atoms with Crippen LogP contribution in [-0.4, -0.2) is 29.8 Å². The van der Waals surface area contributed by atoms with Crippen LogP contribution in [0.1, 0.15) is 75.5 Å². The molecule has 0 spiro atoms. The first kappa shape index (κ1) is 26.0.